The molecule has 0 aliphatic heterocycles. The number of ether oxygens (including phenoxy) is 2. The number of alkyl carbamates (subject to hydrolysis) is 1. The van der Waals surface area contributed by atoms with E-state index in [-0.39, 0.29) is 24.2 Å². The lowest BCUT2D eigenvalue weighted by atomic mass is 9.98. The predicted molar refractivity (Wildman–Crippen MR) is 123 cm³/mol. The van der Waals surface area contributed by atoms with E-state index in [0.717, 1.165) is 22.3 Å². The van der Waals surface area contributed by atoms with Crippen molar-refractivity contribution in [1.29, 1.82) is 0 Å². The predicted octanol–water partition coefficient (Wildman–Crippen LogP) is 4.05. The Kier molecular flexibility index (Phi) is 8.56. The molecule has 0 saturated carbocycles. The van der Waals surface area contributed by atoms with Gasteiger partial charge < -0.3 is 19.9 Å². The normalized spacial score (nSPS) is 13.0. The van der Waals surface area contributed by atoms with Crippen LogP contribution in [-0.4, -0.2) is 53.9 Å². The number of carboxylic acids is 1. The fourth-order valence-electron chi connectivity index (χ4n) is 3.71. The van der Waals surface area contributed by atoms with E-state index in [2.05, 4.69) is 5.32 Å². The Balaban J connectivity index is 1.49. The molecule has 1 aliphatic rings. The van der Waals surface area contributed by atoms with Gasteiger partial charge in [-0.25, -0.2) is 9.59 Å². The average molecular weight is 458 g/mol. The van der Waals surface area contributed by atoms with Gasteiger partial charge in [0, 0.05) is 18.1 Å². The monoisotopic (exact) mass is 457 g/mol. The van der Waals surface area contributed by atoms with Crippen LogP contribution in [0, 0.1) is 0 Å². The summed E-state index contributed by atoms with van der Waals surface area (Å²) in [7, 11) is 0. The average Bonchev–Trinajstić information content (AvgIpc) is 3.10. The van der Waals surface area contributed by atoms with E-state index in [4.69, 9.17) is 9.47 Å². The second-order valence-corrected chi connectivity index (χ2v) is 8.49. The zero-order valence-corrected chi connectivity index (χ0v) is 18.7. The molecule has 170 valence electrons. The quantitative estimate of drug-likeness (QED) is 0.388. The summed E-state index contributed by atoms with van der Waals surface area (Å²) in [6, 6.07) is 14.9. The molecule has 0 bridgehead atoms. The maximum atomic E-state index is 12.3. The molecule has 0 heterocycles. The van der Waals surface area contributed by atoms with E-state index in [1.54, 1.807) is 6.92 Å². The molecule has 32 heavy (non-hydrogen) atoms. The lowest BCUT2D eigenvalue weighted by Crippen LogP contribution is -2.43. The molecule has 0 radical (unpaired) electrons. The van der Waals surface area contributed by atoms with E-state index >= 15 is 0 Å². The van der Waals surface area contributed by atoms with Crippen molar-refractivity contribution in [2.45, 2.75) is 31.7 Å². The highest BCUT2D eigenvalue weighted by Crippen LogP contribution is 2.44. The summed E-state index contributed by atoms with van der Waals surface area (Å²) in [6.45, 7) is 2.22. The molecule has 1 aliphatic carbocycles. The Morgan fingerprint density at radius 1 is 1.03 bits per heavy atom. The van der Waals surface area contributed by atoms with Gasteiger partial charge in [0.2, 0.25) is 0 Å². The highest BCUT2D eigenvalue weighted by molar-refractivity contribution is 7.99. The number of aliphatic carboxylic acids is 1. The minimum absolute atomic E-state index is 0.0892. The Morgan fingerprint density at radius 2 is 1.66 bits per heavy atom. The number of rotatable bonds is 11. The van der Waals surface area contributed by atoms with Crippen molar-refractivity contribution in [3.63, 3.8) is 0 Å². The Bertz CT molecular complexity index is 918. The summed E-state index contributed by atoms with van der Waals surface area (Å²) in [5.41, 5.74) is 4.43. The van der Waals surface area contributed by atoms with Crippen molar-refractivity contribution in [2.24, 2.45) is 0 Å². The number of fused-ring (bicyclic) bond motifs is 3. The largest absolute Gasteiger partial charge is 0.480 e. The van der Waals surface area contributed by atoms with Crippen LogP contribution in [0.25, 0.3) is 11.1 Å². The van der Waals surface area contributed by atoms with Crippen LogP contribution in [0.4, 0.5) is 4.79 Å². The molecule has 0 unspecified atom stereocenters. The first-order chi connectivity index (χ1) is 15.5. The van der Waals surface area contributed by atoms with Gasteiger partial charge in [0.1, 0.15) is 12.6 Å². The maximum Gasteiger partial charge on any atom is 0.407 e. The summed E-state index contributed by atoms with van der Waals surface area (Å²) in [5, 5.41) is 11.9. The van der Waals surface area contributed by atoms with Gasteiger partial charge in [-0.2, -0.15) is 11.8 Å². The van der Waals surface area contributed by atoms with Gasteiger partial charge in [-0.05, 0) is 41.4 Å². The zero-order valence-electron chi connectivity index (χ0n) is 17.9. The van der Waals surface area contributed by atoms with Crippen LogP contribution >= 0.6 is 11.8 Å². The van der Waals surface area contributed by atoms with Gasteiger partial charge in [0.15, 0.2) is 0 Å². The number of carbonyl (C=O) groups is 3. The smallest absolute Gasteiger partial charge is 0.407 e. The van der Waals surface area contributed by atoms with Crippen LogP contribution in [-0.2, 0) is 19.1 Å². The molecular weight excluding hydrogens is 430 g/mol. The van der Waals surface area contributed by atoms with Crippen molar-refractivity contribution < 1.29 is 29.0 Å². The number of nitrogens with one attached hydrogen (secondary N) is 1. The van der Waals surface area contributed by atoms with E-state index in [0.29, 0.717) is 25.2 Å². The Morgan fingerprint density at radius 3 is 2.25 bits per heavy atom. The number of hydrogen-bond acceptors (Lipinski definition) is 6. The summed E-state index contributed by atoms with van der Waals surface area (Å²) in [4.78, 5) is 35.2. The maximum absolute atomic E-state index is 12.3. The number of carboxylic acid groups (broad SMARTS) is 1. The number of thioether (sulfide) groups is 1. The van der Waals surface area contributed by atoms with Gasteiger partial charge in [-0.3, -0.25) is 4.79 Å². The Labute approximate surface area is 191 Å². The van der Waals surface area contributed by atoms with Gasteiger partial charge >= 0.3 is 18.0 Å². The minimum Gasteiger partial charge on any atom is -0.480 e. The van der Waals surface area contributed by atoms with Crippen molar-refractivity contribution >= 4 is 29.8 Å². The van der Waals surface area contributed by atoms with Crippen molar-refractivity contribution in [2.75, 3.05) is 24.7 Å². The molecule has 1 atom stereocenters. The highest BCUT2D eigenvalue weighted by atomic mass is 32.2. The van der Waals surface area contributed by atoms with Crippen molar-refractivity contribution in [3.05, 3.63) is 59.7 Å². The standard InChI is InChI=1S/C24H27NO6S/c1-2-30-22(26)12-7-13-32-15-21(23(27)28)25-24(29)31-14-20-18-10-5-3-8-16(18)17-9-4-6-11-19(17)20/h3-6,8-11,20-21H,2,7,12-15H2,1H3,(H,25,29)(H,27,28)/t21-/m0/s1. The summed E-state index contributed by atoms with van der Waals surface area (Å²) >= 11 is 1.36. The second-order valence-electron chi connectivity index (χ2n) is 7.34. The highest BCUT2D eigenvalue weighted by Gasteiger charge is 2.29. The van der Waals surface area contributed by atoms with E-state index in [1.807, 2.05) is 48.5 Å². The summed E-state index contributed by atoms with van der Waals surface area (Å²) in [6.07, 6.45) is 0.116. The van der Waals surface area contributed by atoms with Gasteiger partial charge in [0.05, 0.1) is 6.61 Å². The van der Waals surface area contributed by atoms with Crippen LogP contribution in [0.3, 0.4) is 0 Å². The fourth-order valence-corrected chi connectivity index (χ4v) is 4.69. The third-order valence-corrected chi connectivity index (χ3v) is 6.34. The molecule has 1 amide bonds. The van der Waals surface area contributed by atoms with E-state index < -0.39 is 18.1 Å². The molecule has 2 aromatic carbocycles. The third kappa shape index (κ3) is 6.03. The van der Waals surface area contributed by atoms with E-state index in [1.165, 1.54) is 11.8 Å². The molecule has 0 spiro atoms. The second kappa shape index (κ2) is 11.6. The number of benzene rings is 2. The SMILES string of the molecule is CCOC(=O)CCCSC[C@H](NC(=O)OCC1c2ccccc2-c2ccccc21)C(=O)O. The first-order valence-electron chi connectivity index (χ1n) is 10.6. The summed E-state index contributed by atoms with van der Waals surface area (Å²) in [5.74, 6) is -0.707. The molecule has 2 aromatic rings. The zero-order chi connectivity index (χ0) is 22.9. The molecule has 0 fully saturated rings. The van der Waals surface area contributed by atoms with Crippen molar-refractivity contribution in [3.8, 4) is 11.1 Å². The lowest BCUT2D eigenvalue weighted by Gasteiger charge is -2.17. The van der Waals surface area contributed by atoms with Crippen LogP contribution in [0.1, 0.15) is 36.8 Å². The van der Waals surface area contributed by atoms with E-state index in [9.17, 15) is 19.5 Å². The van der Waals surface area contributed by atoms with Crippen LogP contribution < -0.4 is 5.32 Å². The molecule has 0 saturated heterocycles. The van der Waals surface area contributed by atoms with Crippen LogP contribution in [0.5, 0.6) is 0 Å². The molecule has 0 aromatic heterocycles. The lowest BCUT2D eigenvalue weighted by molar-refractivity contribution is -0.143. The first-order valence-corrected chi connectivity index (χ1v) is 11.7. The van der Waals surface area contributed by atoms with Gasteiger partial charge in [-0.1, -0.05) is 48.5 Å². The first kappa shape index (κ1) is 23.7. The van der Waals surface area contributed by atoms with Crippen LogP contribution in [0.15, 0.2) is 48.5 Å². The van der Waals surface area contributed by atoms with Gasteiger partial charge in [0.25, 0.3) is 0 Å². The minimum atomic E-state index is -1.13. The molecule has 8 heteroatoms. The molecule has 3 rings (SSSR count). The number of esters is 1. The van der Waals surface area contributed by atoms with Gasteiger partial charge in [-0.15, -0.1) is 0 Å². The number of hydrogen-bond donors (Lipinski definition) is 2. The summed E-state index contributed by atoms with van der Waals surface area (Å²) < 4.78 is 10.3. The molecular formula is C24H27NO6S. The molecule has 7 nitrogen and oxygen atoms in total. The fraction of sp³-hybridized carbons (Fsp3) is 0.375. The number of carbonyl (C=O) groups excluding carboxylic acids is 2. The topological polar surface area (TPSA) is 102 Å². The Hall–Kier alpha value is -3.00. The molecule has 2 N–H and O–H groups in total. The van der Waals surface area contributed by atoms with Crippen molar-refractivity contribution in [1.82, 2.24) is 5.32 Å². The number of amides is 1. The third-order valence-electron chi connectivity index (χ3n) is 5.19. The van der Waals surface area contributed by atoms with Crippen LogP contribution in [0.2, 0.25) is 0 Å².